The maximum atomic E-state index is 11.1. The molecule has 0 bridgehead atoms. The number of ketones is 1. The molecule has 0 aromatic rings. The van der Waals surface area contributed by atoms with Crippen LogP contribution in [0.15, 0.2) is 0 Å². The largest absolute Gasteiger partial charge is 1.00 e. The molecule has 11 heteroatoms. The molecule has 0 saturated heterocycles. The van der Waals surface area contributed by atoms with Crippen LogP contribution in [0.2, 0.25) is 0 Å². The molecular weight excluding hydrogens is 298 g/mol. The molecule has 0 aromatic carbocycles. The van der Waals surface area contributed by atoms with Crippen molar-refractivity contribution in [3.8, 4) is 0 Å². The second-order valence-electron chi connectivity index (χ2n) is 3.44. The summed E-state index contributed by atoms with van der Waals surface area (Å²) < 4.78 is 3.87. The molecule has 0 aliphatic carbocycles. The van der Waals surface area contributed by atoms with Gasteiger partial charge in [-0.2, -0.15) is 0 Å². The first-order valence-electron chi connectivity index (χ1n) is 4.82. The molecular formula is C9H16Na2O9. The van der Waals surface area contributed by atoms with Crippen LogP contribution in [0.5, 0.6) is 0 Å². The van der Waals surface area contributed by atoms with Gasteiger partial charge in [0.25, 0.3) is 0 Å². The van der Waals surface area contributed by atoms with Gasteiger partial charge in [-0.25, -0.2) is 9.59 Å². The first kappa shape index (κ1) is 25.6. The molecule has 0 aliphatic rings. The molecule has 0 aromatic heterocycles. The Morgan fingerprint density at radius 2 is 1.50 bits per heavy atom. The Morgan fingerprint density at radius 1 is 1.05 bits per heavy atom. The molecule has 0 aliphatic heterocycles. The van der Waals surface area contributed by atoms with Crippen LogP contribution < -0.4 is 59.1 Å². The van der Waals surface area contributed by atoms with Crippen LogP contribution in [0.3, 0.4) is 0 Å². The van der Waals surface area contributed by atoms with Crippen LogP contribution >= 0.6 is 0 Å². The smallest absolute Gasteiger partial charge is 1.00 e. The summed E-state index contributed by atoms with van der Waals surface area (Å²) in [4.78, 5) is 32.2. The fourth-order valence-corrected chi connectivity index (χ4v) is 0.885. The molecule has 5 N–H and O–H groups in total. The number of carbonyl (C=O) groups excluding carboxylic acids is 3. The minimum Gasteiger partial charge on any atom is -1.00 e. The number of Topliss-reactive ketones (excluding diaryl/α,β-unsaturated/α-hetero) is 1. The Balaban J connectivity index is -0.000000241. The van der Waals surface area contributed by atoms with Crippen molar-refractivity contribution in [3.05, 3.63) is 0 Å². The summed E-state index contributed by atoms with van der Waals surface area (Å²) in [5.74, 6) is -4.30. The number of rotatable bonds is 6. The Hall–Kier alpha value is 0.610. The zero-order chi connectivity index (χ0) is 14.5. The van der Waals surface area contributed by atoms with E-state index in [0.717, 1.165) is 6.92 Å². The van der Waals surface area contributed by atoms with Crippen molar-refractivity contribution < 1.29 is 107 Å². The average Bonchev–Trinajstić information content (AvgIpc) is 2.34. The van der Waals surface area contributed by atoms with E-state index in [0.29, 0.717) is 0 Å². The van der Waals surface area contributed by atoms with Crippen LogP contribution in [-0.2, 0) is 19.1 Å². The van der Waals surface area contributed by atoms with E-state index in [4.69, 9.17) is 15.3 Å². The molecule has 0 radical (unpaired) electrons. The molecule has 0 spiro atoms. The Morgan fingerprint density at radius 3 is 1.85 bits per heavy atom. The van der Waals surface area contributed by atoms with Crippen molar-refractivity contribution >= 4 is 17.7 Å². The molecule has 108 valence electrons. The van der Waals surface area contributed by atoms with E-state index >= 15 is 0 Å². The van der Waals surface area contributed by atoms with Crippen LogP contribution in [0, 0.1) is 0 Å². The first-order chi connectivity index (χ1) is 8.22. The Kier molecular flexibility index (Phi) is 15.6. The summed E-state index contributed by atoms with van der Waals surface area (Å²) in [6.07, 6.45) is -8.39. The topological polar surface area (TPSA) is 162 Å². The zero-order valence-corrected chi connectivity index (χ0v) is 15.4. The van der Waals surface area contributed by atoms with E-state index in [1.807, 2.05) is 0 Å². The number of hydrogen-bond acceptors (Lipinski definition) is 9. The van der Waals surface area contributed by atoms with E-state index in [9.17, 15) is 24.6 Å². The fourth-order valence-electron chi connectivity index (χ4n) is 0.885. The van der Waals surface area contributed by atoms with Gasteiger partial charge in [0.05, 0.1) is 6.61 Å². The number of ether oxygens (including phenoxy) is 1. The van der Waals surface area contributed by atoms with Gasteiger partial charge >= 0.3 is 71.1 Å². The number of esters is 2. The summed E-state index contributed by atoms with van der Waals surface area (Å²) in [7, 11) is 0. The monoisotopic (exact) mass is 314 g/mol. The third-order valence-corrected chi connectivity index (χ3v) is 1.98. The van der Waals surface area contributed by atoms with Gasteiger partial charge in [-0.05, 0) is 0 Å². The molecule has 9 nitrogen and oxygen atoms in total. The molecule has 0 heterocycles. The number of aliphatic hydroxyl groups excluding tert-OH is 5. The van der Waals surface area contributed by atoms with E-state index in [-0.39, 0.29) is 62.0 Å². The standard InChI is InChI=1S/C9H14O9.2Na.2H/c1-3(11)8(16)18-9(17)7(15)6(14)5(13)4(12)2-10;;;;/h4-7,10,12-15H,2H2,1H3;;;;/q;2*+1;2*-1/t4-,5-,6+,7-;;;;/m1..../s1. The number of aliphatic hydroxyl groups is 5. The minimum absolute atomic E-state index is 0. The number of hydrogen-bond donors (Lipinski definition) is 5. The van der Waals surface area contributed by atoms with Gasteiger partial charge < -0.3 is 33.1 Å². The van der Waals surface area contributed by atoms with Crippen LogP contribution in [0.4, 0.5) is 0 Å². The SMILES string of the molecule is CC(=O)C(=O)OC(=O)[C@H](O)[C@@H](O)[C@H](O)[C@H](O)CO.[H-].[H-].[Na+].[Na+]. The predicted molar refractivity (Wildman–Crippen MR) is 55.1 cm³/mol. The van der Waals surface area contributed by atoms with Gasteiger partial charge in [0.1, 0.15) is 18.3 Å². The molecule has 0 rings (SSSR count). The maximum Gasteiger partial charge on any atom is 1.00 e. The third kappa shape index (κ3) is 8.15. The summed E-state index contributed by atoms with van der Waals surface area (Å²) in [5.41, 5.74) is 0. The molecule has 20 heavy (non-hydrogen) atoms. The van der Waals surface area contributed by atoms with E-state index in [1.165, 1.54) is 0 Å². The van der Waals surface area contributed by atoms with Gasteiger partial charge in [-0.3, -0.25) is 4.79 Å². The predicted octanol–water partition coefficient (Wildman–Crippen LogP) is -9.69. The minimum atomic E-state index is -2.36. The Labute approximate surface area is 161 Å². The van der Waals surface area contributed by atoms with Gasteiger partial charge in [-0.1, -0.05) is 0 Å². The summed E-state index contributed by atoms with van der Waals surface area (Å²) in [6.45, 7) is -0.102. The van der Waals surface area contributed by atoms with Crippen LogP contribution in [0.25, 0.3) is 0 Å². The van der Waals surface area contributed by atoms with E-state index in [1.54, 1.807) is 0 Å². The Bertz CT molecular complexity index is 345. The second-order valence-corrected chi connectivity index (χ2v) is 3.44. The fraction of sp³-hybridized carbons (Fsp3) is 0.667. The number of carbonyl (C=O) groups is 3. The molecule has 0 amide bonds. The van der Waals surface area contributed by atoms with Crippen molar-refractivity contribution in [3.63, 3.8) is 0 Å². The first-order valence-corrected chi connectivity index (χ1v) is 4.82. The maximum absolute atomic E-state index is 11.1. The normalized spacial score (nSPS) is 15.7. The van der Waals surface area contributed by atoms with Crippen LogP contribution in [0.1, 0.15) is 9.78 Å². The average molecular weight is 314 g/mol. The second kappa shape index (κ2) is 12.2. The van der Waals surface area contributed by atoms with Gasteiger partial charge in [0, 0.05) is 6.92 Å². The molecule has 4 atom stereocenters. The molecule has 0 saturated carbocycles. The zero-order valence-electron chi connectivity index (χ0n) is 13.4. The van der Waals surface area contributed by atoms with E-state index in [2.05, 4.69) is 4.74 Å². The molecule has 0 fully saturated rings. The van der Waals surface area contributed by atoms with Gasteiger partial charge in [0.2, 0.25) is 5.78 Å². The van der Waals surface area contributed by atoms with Gasteiger partial charge in [0.15, 0.2) is 6.10 Å². The summed E-state index contributed by atoms with van der Waals surface area (Å²) in [6, 6.07) is 0. The quantitative estimate of drug-likeness (QED) is 0.139. The van der Waals surface area contributed by atoms with Crippen LogP contribution in [-0.4, -0.2) is 74.3 Å². The van der Waals surface area contributed by atoms with Gasteiger partial charge in [-0.15, -0.1) is 0 Å². The third-order valence-electron chi connectivity index (χ3n) is 1.98. The summed E-state index contributed by atoms with van der Waals surface area (Å²) >= 11 is 0. The van der Waals surface area contributed by atoms with Crippen molar-refractivity contribution in [1.29, 1.82) is 0 Å². The van der Waals surface area contributed by atoms with Crippen molar-refractivity contribution in [2.75, 3.05) is 6.61 Å². The van der Waals surface area contributed by atoms with Crippen molar-refractivity contribution in [2.24, 2.45) is 0 Å². The molecule has 0 unspecified atom stereocenters. The van der Waals surface area contributed by atoms with E-state index < -0.39 is 48.7 Å². The van der Waals surface area contributed by atoms with Crippen molar-refractivity contribution in [1.82, 2.24) is 0 Å². The summed E-state index contributed by atoms with van der Waals surface area (Å²) in [5, 5.41) is 45.0. The van der Waals surface area contributed by atoms with Crippen molar-refractivity contribution in [2.45, 2.75) is 31.3 Å².